The molecule has 0 aromatic heterocycles. The van der Waals surface area contributed by atoms with Crippen molar-refractivity contribution in [1.82, 2.24) is 0 Å². The summed E-state index contributed by atoms with van der Waals surface area (Å²) in [4.78, 5) is 73.2. The largest absolute Gasteiger partial charge is 0.472 e. The van der Waals surface area contributed by atoms with Gasteiger partial charge in [-0.05, 0) is 186 Å². The Morgan fingerprint density at radius 3 is 0.781 bits per heavy atom. The van der Waals surface area contributed by atoms with Gasteiger partial charge in [0.05, 0.1) is 26.4 Å². The lowest BCUT2D eigenvalue weighted by atomic mass is 10.1. The van der Waals surface area contributed by atoms with E-state index in [1.165, 1.54) is 38.5 Å². The summed E-state index contributed by atoms with van der Waals surface area (Å²) in [6, 6.07) is 0. The summed E-state index contributed by atoms with van der Waals surface area (Å²) >= 11 is 0. The van der Waals surface area contributed by atoms with E-state index in [9.17, 15) is 43.2 Å². The van der Waals surface area contributed by atoms with Crippen LogP contribution in [0.25, 0.3) is 0 Å². The summed E-state index contributed by atoms with van der Waals surface area (Å²) in [5.41, 5.74) is 0. The molecule has 0 aliphatic carbocycles. The van der Waals surface area contributed by atoms with Crippen LogP contribution in [0.4, 0.5) is 0 Å². The van der Waals surface area contributed by atoms with Gasteiger partial charge in [0.1, 0.15) is 19.3 Å². The average Bonchev–Trinajstić information content (AvgIpc) is 0.899. The molecule has 3 N–H and O–H groups in total. The molecule has 0 fully saturated rings. The number of hydrogen-bond donors (Lipinski definition) is 3. The predicted molar refractivity (Wildman–Crippen MR) is 472 cm³/mol. The zero-order chi connectivity index (χ0) is 83.1. The van der Waals surface area contributed by atoms with E-state index in [0.717, 1.165) is 135 Å². The summed E-state index contributed by atoms with van der Waals surface area (Å²) in [7, 11) is -10.1. The van der Waals surface area contributed by atoms with Crippen molar-refractivity contribution in [1.29, 1.82) is 0 Å². The topological polar surface area (TPSA) is 237 Å². The van der Waals surface area contributed by atoms with Gasteiger partial charge in [0, 0.05) is 25.7 Å². The molecule has 0 aromatic carbocycles. The van der Waals surface area contributed by atoms with Gasteiger partial charge in [-0.25, -0.2) is 9.13 Å². The van der Waals surface area contributed by atoms with Gasteiger partial charge in [-0.3, -0.25) is 37.3 Å². The Hall–Kier alpha value is -7.14. The van der Waals surface area contributed by atoms with Crippen LogP contribution < -0.4 is 0 Å². The number of aliphatic hydroxyl groups is 1. The molecule has 0 aliphatic rings. The van der Waals surface area contributed by atoms with Crippen LogP contribution in [0.5, 0.6) is 0 Å². The van der Waals surface area contributed by atoms with Crippen LogP contribution in [0, 0.1) is 0 Å². The quantitative estimate of drug-likeness (QED) is 0.0169. The Labute approximate surface area is 688 Å². The molecule has 0 aromatic rings. The number of carbonyl (C=O) groups is 4. The molecule has 0 amide bonds. The van der Waals surface area contributed by atoms with E-state index in [2.05, 4.69) is 222 Å². The van der Waals surface area contributed by atoms with E-state index >= 15 is 0 Å². The van der Waals surface area contributed by atoms with Crippen LogP contribution in [-0.4, -0.2) is 96.7 Å². The highest BCUT2D eigenvalue weighted by atomic mass is 31.2. The number of ether oxygens (including phenoxy) is 4. The summed E-state index contributed by atoms with van der Waals surface area (Å²) in [6.07, 6.45) is 110. The second-order valence-corrected chi connectivity index (χ2v) is 29.8. The standard InChI is InChI=1S/C95H146O17P2/c1-5-9-13-17-21-25-29-33-37-41-44-48-52-56-60-64-68-72-76-80-93(98)106-86-91(112-95(100)82-78-74-70-66-62-58-54-50-46-43-39-35-31-27-23-19-15-11-7-3)88-110-114(103,104)108-84-89(96)83-107-113(101,102)109-87-90(85-105-92(97)79-75-71-67-63-59-55-51-47-40-36-32-28-24-20-16-12-8-4)111-94(99)81-77-73-69-65-61-57-53-49-45-42-38-34-30-26-22-18-14-10-6-2/h9-10,13-14,21-28,33-40,44-46,48-51,55-58,60-63,67-68,70,72,74,89-91,96H,5-8,11-12,15-20,29-32,41-43,47,52-54,59,64-66,69,71,73,75-88H2,1-4H3,(H,101,102)(H,103,104)/b13-9-,14-10-,25-21-,26-22-,27-23-,28-24-,37-33-,38-34-,39-35-,40-36-,48-44-,49-45-,50-46-,55-51-,60-56-,61-57-,62-58-,67-63-,72-68-,74-70-/t89-,90+,91+/m0/s1. The van der Waals surface area contributed by atoms with Gasteiger partial charge in [0.25, 0.3) is 0 Å². The Kier molecular flexibility index (Phi) is 78.5. The monoisotopic (exact) mass is 1620 g/mol. The highest BCUT2D eigenvalue weighted by Gasteiger charge is 2.30. The molecule has 19 heteroatoms. The fourth-order valence-electron chi connectivity index (χ4n) is 9.95. The van der Waals surface area contributed by atoms with Crippen molar-refractivity contribution in [2.75, 3.05) is 39.6 Å². The van der Waals surface area contributed by atoms with Crippen molar-refractivity contribution < 1.29 is 80.2 Å². The molecule has 638 valence electrons. The number of esters is 4. The van der Waals surface area contributed by atoms with Gasteiger partial charge >= 0.3 is 39.5 Å². The van der Waals surface area contributed by atoms with Crippen LogP contribution in [0.1, 0.15) is 272 Å². The third-order valence-electron chi connectivity index (χ3n) is 16.3. The number of carbonyl (C=O) groups excluding carboxylic acids is 4. The van der Waals surface area contributed by atoms with Crippen molar-refractivity contribution in [3.05, 3.63) is 243 Å². The molecule has 17 nitrogen and oxygen atoms in total. The first-order valence-electron chi connectivity index (χ1n) is 42.3. The lowest BCUT2D eigenvalue weighted by Crippen LogP contribution is -2.30. The number of phosphoric acid groups is 2. The molecule has 0 saturated heterocycles. The molecule has 0 saturated carbocycles. The molecule has 114 heavy (non-hydrogen) atoms. The van der Waals surface area contributed by atoms with Crippen molar-refractivity contribution >= 4 is 39.5 Å². The Morgan fingerprint density at radius 2 is 0.482 bits per heavy atom. The maximum atomic E-state index is 13.1. The lowest BCUT2D eigenvalue weighted by molar-refractivity contribution is -0.161. The maximum Gasteiger partial charge on any atom is 0.472 e. The van der Waals surface area contributed by atoms with E-state index in [1.54, 1.807) is 0 Å². The van der Waals surface area contributed by atoms with Crippen LogP contribution >= 0.6 is 15.6 Å². The van der Waals surface area contributed by atoms with Crippen molar-refractivity contribution in [3.63, 3.8) is 0 Å². The first-order valence-corrected chi connectivity index (χ1v) is 45.3. The van der Waals surface area contributed by atoms with E-state index in [1.807, 2.05) is 48.6 Å². The number of aliphatic hydroxyl groups excluding tert-OH is 1. The zero-order valence-corrected chi connectivity index (χ0v) is 71.7. The molecule has 0 rings (SSSR count). The summed E-state index contributed by atoms with van der Waals surface area (Å²) in [5, 5.41) is 10.7. The van der Waals surface area contributed by atoms with Gasteiger partial charge in [-0.2, -0.15) is 0 Å². The highest BCUT2D eigenvalue weighted by Crippen LogP contribution is 2.45. The normalized spacial score (nSPS) is 15.0. The number of hydrogen-bond acceptors (Lipinski definition) is 15. The SMILES string of the molecule is CC/C=C\C/C=C\C/C=C\C/C=C\C/C=C\C/C=C\CCC(=O)OC[C@H](COP(=O)(O)OC[C@@H](O)COP(=O)(O)OC[C@@H](COC(=O)CCC/C=C\C/C=C\C/C=C\C/C=C\CCCCC)OC(=O)CCCCC/C=C\C/C=C\C/C=C\C/C=C\C/C=C\CC)OC(=O)CC/C=C\C/C=C\C/C=C\C/C=C\C/C=C\CCCCC. The second-order valence-electron chi connectivity index (χ2n) is 26.9. The van der Waals surface area contributed by atoms with E-state index in [0.29, 0.717) is 44.9 Å². The first kappa shape index (κ1) is 107. The molecule has 0 radical (unpaired) electrons. The van der Waals surface area contributed by atoms with Gasteiger partial charge in [-0.15, -0.1) is 0 Å². The van der Waals surface area contributed by atoms with Gasteiger partial charge < -0.3 is 33.8 Å². The molecule has 0 heterocycles. The fraction of sp³-hybridized carbons (Fsp3) is 0.537. The molecule has 0 aliphatic heterocycles. The summed E-state index contributed by atoms with van der Waals surface area (Å²) in [5.74, 6) is -2.51. The van der Waals surface area contributed by atoms with Crippen molar-refractivity contribution in [2.24, 2.45) is 0 Å². The van der Waals surface area contributed by atoms with Crippen molar-refractivity contribution in [2.45, 2.75) is 290 Å². The minimum absolute atomic E-state index is 0.00768. The first-order chi connectivity index (χ1) is 55.7. The summed E-state index contributed by atoms with van der Waals surface area (Å²) < 4.78 is 68.5. The minimum Gasteiger partial charge on any atom is -0.462 e. The van der Waals surface area contributed by atoms with Crippen LogP contribution in [-0.2, 0) is 65.4 Å². The van der Waals surface area contributed by atoms with Gasteiger partial charge in [0.15, 0.2) is 12.2 Å². The van der Waals surface area contributed by atoms with E-state index in [4.69, 9.17) is 37.0 Å². The Bertz CT molecular complexity index is 3120. The van der Waals surface area contributed by atoms with E-state index < -0.39 is 97.5 Å². The van der Waals surface area contributed by atoms with Gasteiger partial charge in [-0.1, -0.05) is 303 Å². The third kappa shape index (κ3) is 82.8. The number of rotatable bonds is 76. The molecule has 5 atom stereocenters. The van der Waals surface area contributed by atoms with Crippen molar-refractivity contribution in [3.8, 4) is 0 Å². The Balaban J connectivity index is 5.65. The second kappa shape index (κ2) is 83.8. The van der Waals surface area contributed by atoms with Gasteiger partial charge in [0.2, 0.25) is 0 Å². The fourth-order valence-corrected chi connectivity index (χ4v) is 11.5. The maximum absolute atomic E-state index is 13.1. The molecular formula is C95H146O17P2. The highest BCUT2D eigenvalue weighted by molar-refractivity contribution is 7.47. The molecule has 0 spiro atoms. The molecule has 2 unspecified atom stereocenters. The number of unbranched alkanes of at least 4 members (excludes halogenated alkanes) is 10. The zero-order valence-electron chi connectivity index (χ0n) is 69.9. The van der Waals surface area contributed by atoms with Crippen LogP contribution in [0.3, 0.4) is 0 Å². The average molecular weight is 1620 g/mol. The smallest absolute Gasteiger partial charge is 0.462 e. The predicted octanol–water partition coefficient (Wildman–Crippen LogP) is 25.6. The molecular weight excluding hydrogens is 1470 g/mol. The van der Waals surface area contributed by atoms with Crippen LogP contribution in [0.2, 0.25) is 0 Å². The van der Waals surface area contributed by atoms with Crippen LogP contribution in [0.15, 0.2) is 243 Å². The van der Waals surface area contributed by atoms with E-state index in [-0.39, 0.29) is 25.7 Å². The third-order valence-corrected chi connectivity index (χ3v) is 18.2. The number of phosphoric ester groups is 2. The molecule has 0 bridgehead atoms. The Morgan fingerprint density at radius 1 is 0.254 bits per heavy atom. The number of allylic oxidation sites excluding steroid dienone is 40. The summed E-state index contributed by atoms with van der Waals surface area (Å²) in [6.45, 7) is 4.28. The minimum atomic E-state index is -5.04. The lowest BCUT2D eigenvalue weighted by Gasteiger charge is -2.21.